The van der Waals surface area contributed by atoms with Crippen LogP contribution in [0.3, 0.4) is 0 Å². The number of hydrogen-bond acceptors (Lipinski definition) is 3. The van der Waals surface area contributed by atoms with Crippen LogP contribution in [-0.4, -0.2) is 47.0 Å². The van der Waals surface area contributed by atoms with Gasteiger partial charge in [-0.3, -0.25) is 9.88 Å². The van der Waals surface area contributed by atoms with Gasteiger partial charge in [0.1, 0.15) is 0 Å². The highest BCUT2D eigenvalue weighted by molar-refractivity contribution is 5.89. The monoisotopic (exact) mass is 352 g/mol. The van der Waals surface area contributed by atoms with Crippen LogP contribution in [0.5, 0.6) is 0 Å². The Kier molecular flexibility index (Phi) is 5.57. The first-order chi connectivity index (χ1) is 12.4. The van der Waals surface area contributed by atoms with Crippen molar-refractivity contribution in [3.8, 4) is 0 Å². The number of carbonyl (C=O) groups excluding carboxylic acids is 1. The SMILES string of the molecule is CC(C)(C)c1cccc(NC(=O)N2CCN(Cc3ccncc3)CC2)c1. The molecule has 1 fully saturated rings. The van der Waals surface area contributed by atoms with Crippen LogP contribution in [0, 0.1) is 0 Å². The molecule has 1 N–H and O–H groups in total. The van der Waals surface area contributed by atoms with Crippen molar-refractivity contribution in [2.24, 2.45) is 0 Å². The van der Waals surface area contributed by atoms with Crippen LogP contribution in [0.15, 0.2) is 48.8 Å². The maximum atomic E-state index is 12.6. The van der Waals surface area contributed by atoms with Crippen LogP contribution in [0.1, 0.15) is 31.9 Å². The minimum absolute atomic E-state index is 0.0142. The molecule has 3 rings (SSSR count). The summed E-state index contributed by atoms with van der Waals surface area (Å²) in [7, 11) is 0. The number of amides is 2. The highest BCUT2D eigenvalue weighted by Crippen LogP contribution is 2.24. The van der Waals surface area contributed by atoms with E-state index >= 15 is 0 Å². The predicted molar refractivity (Wildman–Crippen MR) is 105 cm³/mol. The van der Waals surface area contributed by atoms with Crippen molar-refractivity contribution in [1.82, 2.24) is 14.8 Å². The maximum absolute atomic E-state index is 12.6. The molecule has 0 bridgehead atoms. The molecular weight excluding hydrogens is 324 g/mol. The molecule has 1 aliphatic heterocycles. The van der Waals surface area contributed by atoms with E-state index in [1.807, 2.05) is 41.6 Å². The Bertz CT molecular complexity index is 731. The standard InChI is InChI=1S/C21H28N4O/c1-21(2,3)18-5-4-6-19(15-18)23-20(26)25-13-11-24(12-14-25)16-17-7-9-22-10-8-17/h4-10,15H,11-14,16H2,1-3H3,(H,23,26). The zero-order valence-electron chi connectivity index (χ0n) is 15.9. The number of nitrogens with one attached hydrogen (secondary N) is 1. The quantitative estimate of drug-likeness (QED) is 0.916. The number of aromatic nitrogens is 1. The Morgan fingerprint density at radius 1 is 1.08 bits per heavy atom. The minimum atomic E-state index is -0.0142. The Morgan fingerprint density at radius 2 is 1.77 bits per heavy atom. The van der Waals surface area contributed by atoms with Crippen LogP contribution in [0.25, 0.3) is 0 Å². The molecule has 5 nitrogen and oxygen atoms in total. The van der Waals surface area contributed by atoms with E-state index in [0.717, 1.165) is 38.4 Å². The van der Waals surface area contributed by atoms with Gasteiger partial charge in [0.15, 0.2) is 0 Å². The Balaban J connectivity index is 1.52. The highest BCUT2D eigenvalue weighted by Gasteiger charge is 2.21. The molecular formula is C21H28N4O. The molecule has 1 saturated heterocycles. The smallest absolute Gasteiger partial charge is 0.321 e. The zero-order chi connectivity index (χ0) is 18.6. The number of benzene rings is 1. The predicted octanol–water partition coefficient (Wildman–Crippen LogP) is 3.73. The van der Waals surface area contributed by atoms with Gasteiger partial charge in [-0.1, -0.05) is 32.9 Å². The second-order valence-corrected chi connectivity index (χ2v) is 7.88. The first kappa shape index (κ1) is 18.4. The normalized spacial score (nSPS) is 15.7. The number of carbonyl (C=O) groups is 1. The molecule has 2 amide bonds. The Morgan fingerprint density at radius 3 is 2.42 bits per heavy atom. The van der Waals surface area contributed by atoms with Gasteiger partial charge in [0, 0.05) is 50.8 Å². The molecule has 1 aromatic heterocycles. The van der Waals surface area contributed by atoms with Crippen molar-refractivity contribution in [1.29, 1.82) is 0 Å². The summed E-state index contributed by atoms with van der Waals surface area (Å²) in [5.41, 5.74) is 3.41. The molecule has 0 radical (unpaired) electrons. The number of urea groups is 1. The van der Waals surface area contributed by atoms with Gasteiger partial charge in [0.05, 0.1) is 0 Å². The molecule has 1 aliphatic rings. The molecule has 5 heteroatoms. The van der Waals surface area contributed by atoms with Crippen LogP contribution < -0.4 is 5.32 Å². The van der Waals surface area contributed by atoms with E-state index in [1.165, 1.54) is 11.1 Å². The summed E-state index contributed by atoms with van der Waals surface area (Å²) in [5.74, 6) is 0. The highest BCUT2D eigenvalue weighted by atomic mass is 16.2. The van der Waals surface area contributed by atoms with E-state index in [1.54, 1.807) is 0 Å². The lowest BCUT2D eigenvalue weighted by atomic mass is 9.87. The Labute approximate surface area is 156 Å². The summed E-state index contributed by atoms with van der Waals surface area (Å²) in [6.07, 6.45) is 3.65. The van der Waals surface area contributed by atoms with Gasteiger partial charge in [0.25, 0.3) is 0 Å². The minimum Gasteiger partial charge on any atom is -0.322 e. The van der Waals surface area contributed by atoms with Crippen molar-refractivity contribution in [3.63, 3.8) is 0 Å². The van der Waals surface area contributed by atoms with Gasteiger partial charge in [-0.15, -0.1) is 0 Å². The fourth-order valence-electron chi connectivity index (χ4n) is 3.12. The van der Waals surface area contributed by atoms with Gasteiger partial charge in [-0.25, -0.2) is 4.79 Å². The number of piperazine rings is 1. The molecule has 2 aromatic rings. The fraction of sp³-hybridized carbons (Fsp3) is 0.429. The van der Waals surface area contributed by atoms with Gasteiger partial charge in [-0.2, -0.15) is 0 Å². The maximum Gasteiger partial charge on any atom is 0.321 e. The largest absolute Gasteiger partial charge is 0.322 e. The van der Waals surface area contributed by atoms with Crippen molar-refractivity contribution in [3.05, 3.63) is 59.9 Å². The number of nitrogens with zero attached hydrogens (tertiary/aromatic N) is 3. The van der Waals surface area contributed by atoms with E-state index in [0.29, 0.717) is 0 Å². The van der Waals surface area contributed by atoms with E-state index in [9.17, 15) is 4.79 Å². The molecule has 138 valence electrons. The van der Waals surface area contributed by atoms with Gasteiger partial charge >= 0.3 is 6.03 Å². The lowest BCUT2D eigenvalue weighted by molar-refractivity contribution is 0.143. The molecule has 0 spiro atoms. The average molecular weight is 352 g/mol. The van der Waals surface area contributed by atoms with E-state index in [-0.39, 0.29) is 11.4 Å². The van der Waals surface area contributed by atoms with E-state index in [2.05, 4.69) is 48.1 Å². The third-order valence-electron chi connectivity index (χ3n) is 4.79. The third-order valence-corrected chi connectivity index (χ3v) is 4.79. The Hall–Kier alpha value is -2.40. The fourth-order valence-corrected chi connectivity index (χ4v) is 3.12. The van der Waals surface area contributed by atoms with Gasteiger partial charge < -0.3 is 10.2 Å². The summed E-state index contributed by atoms with van der Waals surface area (Å²) in [5, 5.41) is 3.05. The number of rotatable bonds is 3. The second kappa shape index (κ2) is 7.87. The number of hydrogen-bond donors (Lipinski definition) is 1. The first-order valence-corrected chi connectivity index (χ1v) is 9.19. The lowest BCUT2D eigenvalue weighted by Crippen LogP contribution is -2.49. The van der Waals surface area contributed by atoms with E-state index < -0.39 is 0 Å². The van der Waals surface area contributed by atoms with Crippen molar-refractivity contribution < 1.29 is 4.79 Å². The van der Waals surface area contributed by atoms with Crippen molar-refractivity contribution in [2.45, 2.75) is 32.7 Å². The van der Waals surface area contributed by atoms with Crippen molar-refractivity contribution >= 4 is 11.7 Å². The lowest BCUT2D eigenvalue weighted by Gasteiger charge is -2.34. The molecule has 0 aliphatic carbocycles. The summed E-state index contributed by atoms with van der Waals surface area (Å²) >= 11 is 0. The van der Waals surface area contributed by atoms with E-state index in [4.69, 9.17) is 0 Å². The summed E-state index contributed by atoms with van der Waals surface area (Å²) in [6.45, 7) is 10.7. The van der Waals surface area contributed by atoms with Crippen LogP contribution in [0.4, 0.5) is 10.5 Å². The van der Waals surface area contributed by atoms with Crippen molar-refractivity contribution in [2.75, 3.05) is 31.5 Å². The number of pyridine rings is 1. The summed E-state index contributed by atoms with van der Waals surface area (Å²) < 4.78 is 0. The average Bonchev–Trinajstić information content (AvgIpc) is 2.63. The molecule has 0 atom stereocenters. The van der Waals surface area contributed by atoms with Crippen LogP contribution in [0.2, 0.25) is 0 Å². The zero-order valence-corrected chi connectivity index (χ0v) is 15.9. The molecule has 26 heavy (non-hydrogen) atoms. The second-order valence-electron chi connectivity index (χ2n) is 7.88. The summed E-state index contributed by atoms with van der Waals surface area (Å²) in [6, 6.07) is 12.2. The first-order valence-electron chi connectivity index (χ1n) is 9.19. The van der Waals surface area contributed by atoms with Crippen LogP contribution in [-0.2, 0) is 12.0 Å². The molecule has 0 unspecified atom stereocenters. The number of anilines is 1. The van der Waals surface area contributed by atoms with Crippen LogP contribution >= 0.6 is 0 Å². The van der Waals surface area contributed by atoms with Gasteiger partial charge in [-0.05, 0) is 40.8 Å². The molecule has 1 aromatic carbocycles. The third kappa shape index (κ3) is 4.82. The molecule has 0 saturated carbocycles. The molecule has 2 heterocycles. The van der Waals surface area contributed by atoms with Gasteiger partial charge in [0.2, 0.25) is 0 Å². The topological polar surface area (TPSA) is 48.5 Å². The summed E-state index contributed by atoms with van der Waals surface area (Å²) in [4.78, 5) is 20.9.